The molecule has 4 rings (SSSR count). The van der Waals surface area contributed by atoms with Gasteiger partial charge in [-0.2, -0.15) is 0 Å². The average Bonchev–Trinajstić information content (AvgIpc) is 3.31. The Morgan fingerprint density at radius 1 is 1.25 bits per heavy atom. The summed E-state index contributed by atoms with van der Waals surface area (Å²) in [5.74, 6) is 1.42. The molecular weight excluding hydrogens is 324 g/mol. The minimum atomic E-state index is -0.0140. The van der Waals surface area contributed by atoms with E-state index < -0.39 is 0 Å². The fourth-order valence-corrected chi connectivity index (χ4v) is 4.28. The van der Waals surface area contributed by atoms with E-state index in [0.29, 0.717) is 27.8 Å². The molecule has 0 unspecified atom stereocenters. The van der Waals surface area contributed by atoms with Gasteiger partial charge in [0, 0.05) is 24.2 Å². The number of carbonyl (C=O) groups is 1. The minimum absolute atomic E-state index is 0.0140. The summed E-state index contributed by atoms with van der Waals surface area (Å²) in [4.78, 5) is 13.1. The van der Waals surface area contributed by atoms with Crippen molar-refractivity contribution in [3.05, 3.63) is 41.3 Å². The highest BCUT2D eigenvalue weighted by atomic mass is 32.1. The molecule has 2 aliphatic rings. The van der Waals surface area contributed by atoms with Crippen LogP contribution < -0.4 is 20.1 Å². The third kappa shape index (κ3) is 3.12. The number of hydrogen-bond donors (Lipinski definition) is 2. The van der Waals surface area contributed by atoms with Crippen LogP contribution in [0.5, 0.6) is 16.6 Å². The third-order valence-electron chi connectivity index (χ3n) is 4.68. The maximum atomic E-state index is 12.4. The number of methoxy groups -OCH3 is 1. The molecule has 2 aromatic rings. The average molecular weight is 344 g/mol. The van der Waals surface area contributed by atoms with Crippen molar-refractivity contribution in [3.63, 3.8) is 0 Å². The molecule has 1 amide bonds. The number of amides is 1. The molecule has 1 aromatic carbocycles. The molecular formula is C18H20N2O3S. The van der Waals surface area contributed by atoms with Gasteiger partial charge in [0.1, 0.15) is 11.5 Å². The van der Waals surface area contributed by atoms with Crippen LogP contribution in [0.15, 0.2) is 36.4 Å². The summed E-state index contributed by atoms with van der Waals surface area (Å²) in [6.07, 6.45) is 3.42. The molecule has 6 heteroatoms. The van der Waals surface area contributed by atoms with Gasteiger partial charge >= 0.3 is 0 Å². The predicted octanol–water partition coefficient (Wildman–Crippen LogP) is 3.17. The fraction of sp³-hybridized carbons (Fsp3) is 0.389. The number of ether oxygens (including phenoxy) is 2. The van der Waals surface area contributed by atoms with Crippen molar-refractivity contribution in [2.75, 3.05) is 7.11 Å². The summed E-state index contributed by atoms with van der Waals surface area (Å²) >= 11 is 1.36. The van der Waals surface area contributed by atoms with Gasteiger partial charge in [-0.15, -0.1) is 0 Å². The molecule has 0 spiro atoms. The summed E-state index contributed by atoms with van der Waals surface area (Å²) < 4.78 is 11.0. The van der Waals surface area contributed by atoms with Crippen molar-refractivity contribution >= 4 is 17.2 Å². The molecule has 126 valence electrons. The van der Waals surface area contributed by atoms with Crippen molar-refractivity contribution in [3.8, 4) is 16.6 Å². The second-order valence-electron chi connectivity index (χ2n) is 6.26. The fourth-order valence-electron chi connectivity index (χ4n) is 3.50. The van der Waals surface area contributed by atoms with Gasteiger partial charge in [-0.3, -0.25) is 4.79 Å². The lowest BCUT2D eigenvalue weighted by molar-refractivity contribution is 0.0935. The summed E-state index contributed by atoms with van der Waals surface area (Å²) in [7, 11) is 1.62. The Labute approximate surface area is 145 Å². The summed E-state index contributed by atoms with van der Waals surface area (Å²) in [5, 5.41) is 7.38. The Kier molecular flexibility index (Phi) is 4.16. The zero-order valence-electron chi connectivity index (χ0n) is 13.5. The predicted molar refractivity (Wildman–Crippen MR) is 93.2 cm³/mol. The molecule has 5 nitrogen and oxygen atoms in total. The van der Waals surface area contributed by atoms with Crippen LogP contribution in [-0.4, -0.2) is 31.1 Å². The second-order valence-corrected chi connectivity index (χ2v) is 7.31. The van der Waals surface area contributed by atoms with Crippen molar-refractivity contribution in [1.29, 1.82) is 0 Å². The Balaban J connectivity index is 1.39. The summed E-state index contributed by atoms with van der Waals surface area (Å²) in [5.41, 5.74) is 0. The van der Waals surface area contributed by atoms with Gasteiger partial charge in [0.25, 0.3) is 5.91 Å². The lowest BCUT2D eigenvalue weighted by atomic mass is 9.95. The Hall–Kier alpha value is -2.05. The van der Waals surface area contributed by atoms with Gasteiger partial charge in [-0.1, -0.05) is 17.4 Å². The van der Waals surface area contributed by atoms with Crippen molar-refractivity contribution in [2.24, 2.45) is 0 Å². The lowest BCUT2D eigenvalue weighted by Gasteiger charge is -2.20. The topological polar surface area (TPSA) is 59.6 Å². The summed E-state index contributed by atoms with van der Waals surface area (Å²) in [6.45, 7) is 0. The van der Waals surface area contributed by atoms with Crippen molar-refractivity contribution in [2.45, 2.75) is 37.4 Å². The van der Waals surface area contributed by atoms with E-state index in [9.17, 15) is 4.79 Å². The molecule has 0 aliphatic carbocycles. The Morgan fingerprint density at radius 3 is 2.88 bits per heavy atom. The molecule has 3 heterocycles. The Bertz CT molecular complexity index is 745. The molecule has 0 saturated carbocycles. The van der Waals surface area contributed by atoms with E-state index in [2.05, 4.69) is 10.6 Å². The van der Waals surface area contributed by atoms with Crippen LogP contribution in [0, 0.1) is 0 Å². The number of rotatable bonds is 5. The molecule has 2 bridgehead atoms. The first-order valence-electron chi connectivity index (χ1n) is 8.20. The van der Waals surface area contributed by atoms with E-state index in [0.717, 1.165) is 18.6 Å². The minimum Gasteiger partial charge on any atom is -0.497 e. The van der Waals surface area contributed by atoms with Crippen molar-refractivity contribution < 1.29 is 14.3 Å². The van der Waals surface area contributed by atoms with Crippen LogP contribution in [0.25, 0.3) is 0 Å². The maximum Gasteiger partial charge on any atom is 0.261 e. The zero-order chi connectivity index (χ0) is 16.5. The number of thiophene rings is 1. The van der Waals surface area contributed by atoms with Crippen LogP contribution in [0.2, 0.25) is 0 Å². The SMILES string of the molecule is COc1cccc(Oc2ccc(C(=O)N[C@@H]3C[C@H]4CC[C@@H]3N4)s2)c1. The molecule has 3 atom stereocenters. The van der Waals surface area contributed by atoms with Crippen molar-refractivity contribution in [1.82, 2.24) is 10.6 Å². The van der Waals surface area contributed by atoms with E-state index in [-0.39, 0.29) is 11.9 Å². The number of nitrogens with one attached hydrogen (secondary N) is 2. The van der Waals surface area contributed by atoms with E-state index in [1.54, 1.807) is 7.11 Å². The Morgan fingerprint density at radius 2 is 2.12 bits per heavy atom. The number of benzene rings is 1. The molecule has 2 aliphatic heterocycles. The van der Waals surface area contributed by atoms with E-state index in [1.165, 1.54) is 17.8 Å². The van der Waals surface area contributed by atoms with Gasteiger partial charge in [0.05, 0.1) is 12.0 Å². The molecule has 2 fully saturated rings. The first-order valence-corrected chi connectivity index (χ1v) is 9.01. The van der Waals surface area contributed by atoms with E-state index in [4.69, 9.17) is 9.47 Å². The first kappa shape index (κ1) is 15.5. The van der Waals surface area contributed by atoms with Crippen LogP contribution >= 0.6 is 11.3 Å². The number of fused-ring (bicyclic) bond motifs is 2. The second kappa shape index (κ2) is 6.45. The van der Waals surface area contributed by atoms with E-state index >= 15 is 0 Å². The molecule has 0 radical (unpaired) electrons. The van der Waals surface area contributed by atoms with Gasteiger partial charge in [-0.25, -0.2) is 0 Å². The van der Waals surface area contributed by atoms with Gasteiger partial charge in [-0.05, 0) is 43.5 Å². The smallest absolute Gasteiger partial charge is 0.261 e. The largest absolute Gasteiger partial charge is 0.497 e. The lowest BCUT2D eigenvalue weighted by Crippen LogP contribution is -2.42. The quantitative estimate of drug-likeness (QED) is 0.875. The zero-order valence-corrected chi connectivity index (χ0v) is 14.3. The van der Waals surface area contributed by atoms with Gasteiger partial charge in [0.15, 0.2) is 5.06 Å². The normalized spacial score (nSPS) is 24.8. The third-order valence-corrected chi connectivity index (χ3v) is 5.64. The monoisotopic (exact) mass is 344 g/mol. The van der Waals surface area contributed by atoms with Gasteiger partial charge in [0.2, 0.25) is 0 Å². The van der Waals surface area contributed by atoms with Crippen LogP contribution in [-0.2, 0) is 0 Å². The number of carbonyl (C=O) groups excluding carboxylic acids is 1. The standard InChI is InChI=1S/C18H20N2O3S/c1-22-12-3-2-4-13(10-12)23-17-8-7-16(24-17)18(21)20-15-9-11-5-6-14(15)19-11/h2-4,7-8,10-11,14-15,19H,5-6,9H2,1H3,(H,20,21)/t11-,14+,15-/m1/s1. The highest BCUT2D eigenvalue weighted by Crippen LogP contribution is 2.32. The van der Waals surface area contributed by atoms with E-state index in [1.807, 2.05) is 36.4 Å². The maximum absolute atomic E-state index is 12.4. The molecule has 2 saturated heterocycles. The van der Waals surface area contributed by atoms with Crippen LogP contribution in [0.3, 0.4) is 0 Å². The van der Waals surface area contributed by atoms with Gasteiger partial charge < -0.3 is 20.1 Å². The van der Waals surface area contributed by atoms with Crippen LogP contribution in [0.4, 0.5) is 0 Å². The highest BCUT2D eigenvalue weighted by Gasteiger charge is 2.39. The molecule has 1 aromatic heterocycles. The molecule has 24 heavy (non-hydrogen) atoms. The number of hydrogen-bond acceptors (Lipinski definition) is 5. The highest BCUT2D eigenvalue weighted by molar-refractivity contribution is 7.15. The first-order chi connectivity index (χ1) is 11.7. The summed E-state index contributed by atoms with van der Waals surface area (Å²) in [6, 6.07) is 12.3. The van der Waals surface area contributed by atoms with Crippen LogP contribution in [0.1, 0.15) is 28.9 Å². The molecule has 2 N–H and O–H groups in total.